The molecule has 1 aromatic carbocycles. The number of benzene rings is 1. The molecular weight excluding hydrogens is 214 g/mol. The lowest BCUT2D eigenvalue weighted by Crippen LogP contribution is -2.36. The van der Waals surface area contributed by atoms with Crippen molar-refractivity contribution in [1.29, 1.82) is 0 Å². The molecule has 17 heavy (non-hydrogen) atoms. The monoisotopic (exact) mass is 231 g/mol. The zero-order chi connectivity index (χ0) is 12.3. The molecule has 0 radical (unpaired) electrons. The third-order valence-corrected chi connectivity index (χ3v) is 3.88. The minimum atomic E-state index is -0.149. The van der Waals surface area contributed by atoms with Crippen molar-refractivity contribution in [2.75, 3.05) is 14.2 Å². The zero-order valence-corrected chi connectivity index (χ0v) is 10.6. The zero-order valence-electron chi connectivity index (χ0n) is 10.6. The van der Waals surface area contributed by atoms with Gasteiger partial charge in [-0.3, -0.25) is 5.32 Å². The van der Waals surface area contributed by atoms with E-state index in [2.05, 4.69) is 31.3 Å². The third-order valence-electron chi connectivity index (χ3n) is 3.88. The lowest BCUT2D eigenvalue weighted by atomic mass is 9.82. The topological polar surface area (TPSA) is 30.5 Å². The summed E-state index contributed by atoms with van der Waals surface area (Å²) in [5, 5.41) is 3.62. The smallest absolute Gasteiger partial charge is 0.124 e. The van der Waals surface area contributed by atoms with Crippen LogP contribution in [0.2, 0.25) is 0 Å². The summed E-state index contributed by atoms with van der Waals surface area (Å²) in [6.07, 6.45) is 4.41. The van der Waals surface area contributed by atoms with Gasteiger partial charge in [0, 0.05) is 11.1 Å². The van der Waals surface area contributed by atoms with Gasteiger partial charge < -0.3 is 9.47 Å². The summed E-state index contributed by atoms with van der Waals surface area (Å²) in [4.78, 5) is 0. The highest BCUT2D eigenvalue weighted by Crippen LogP contribution is 2.54. The summed E-state index contributed by atoms with van der Waals surface area (Å²) < 4.78 is 11.0. The number of hydrogen-bond acceptors (Lipinski definition) is 3. The standard InChI is InChI=1S/C14H17NO2/c1-13-7-8-14(2,15-13)12-10(17-4)6-5-9(16-3)11(12)13/h5-8,15H,1-4H3. The van der Waals surface area contributed by atoms with Crippen molar-refractivity contribution in [3.63, 3.8) is 0 Å². The van der Waals surface area contributed by atoms with Crippen LogP contribution in [0.25, 0.3) is 0 Å². The molecule has 0 saturated heterocycles. The van der Waals surface area contributed by atoms with E-state index in [1.54, 1.807) is 14.2 Å². The van der Waals surface area contributed by atoms with Crippen LogP contribution in [0.4, 0.5) is 0 Å². The molecule has 0 amide bonds. The quantitative estimate of drug-likeness (QED) is 0.792. The van der Waals surface area contributed by atoms with E-state index in [1.165, 1.54) is 11.1 Å². The molecule has 2 atom stereocenters. The Hall–Kier alpha value is -1.48. The summed E-state index contributed by atoms with van der Waals surface area (Å²) in [5.74, 6) is 1.84. The molecule has 90 valence electrons. The molecule has 2 aliphatic heterocycles. The van der Waals surface area contributed by atoms with E-state index in [9.17, 15) is 0 Å². The van der Waals surface area contributed by atoms with Gasteiger partial charge >= 0.3 is 0 Å². The van der Waals surface area contributed by atoms with E-state index < -0.39 is 0 Å². The van der Waals surface area contributed by atoms with Crippen molar-refractivity contribution < 1.29 is 9.47 Å². The molecule has 0 saturated carbocycles. The van der Waals surface area contributed by atoms with E-state index in [4.69, 9.17) is 9.47 Å². The van der Waals surface area contributed by atoms with Crippen LogP contribution in [0.1, 0.15) is 25.0 Å². The molecule has 2 aliphatic rings. The second-order valence-corrected chi connectivity index (χ2v) is 5.08. The highest BCUT2D eigenvalue weighted by atomic mass is 16.5. The van der Waals surface area contributed by atoms with E-state index in [1.807, 2.05) is 12.1 Å². The lowest BCUT2D eigenvalue weighted by Gasteiger charge is -2.24. The Balaban J connectivity index is 2.35. The molecule has 0 fully saturated rings. The van der Waals surface area contributed by atoms with Crippen molar-refractivity contribution in [1.82, 2.24) is 5.32 Å². The van der Waals surface area contributed by atoms with Crippen LogP contribution in [-0.4, -0.2) is 14.2 Å². The molecule has 3 rings (SSSR count). The van der Waals surface area contributed by atoms with Crippen molar-refractivity contribution in [2.24, 2.45) is 0 Å². The van der Waals surface area contributed by atoms with E-state index in [0.717, 1.165) is 11.5 Å². The van der Waals surface area contributed by atoms with Gasteiger partial charge in [-0.1, -0.05) is 12.2 Å². The Kier molecular flexibility index (Phi) is 1.91. The largest absolute Gasteiger partial charge is 0.496 e. The maximum atomic E-state index is 5.49. The van der Waals surface area contributed by atoms with Gasteiger partial charge in [0.15, 0.2) is 0 Å². The highest BCUT2D eigenvalue weighted by molar-refractivity contribution is 5.64. The van der Waals surface area contributed by atoms with E-state index in [0.29, 0.717) is 0 Å². The van der Waals surface area contributed by atoms with Gasteiger partial charge in [0.25, 0.3) is 0 Å². The number of nitrogens with one attached hydrogen (secondary N) is 1. The SMILES string of the molecule is COc1ccc(OC)c2c1C1(C)C=CC2(C)N1. The van der Waals surface area contributed by atoms with Gasteiger partial charge in [0.05, 0.1) is 25.3 Å². The average molecular weight is 231 g/mol. The number of fused-ring (bicyclic) bond motifs is 5. The first-order chi connectivity index (χ1) is 8.04. The van der Waals surface area contributed by atoms with Crippen molar-refractivity contribution >= 4 is 0 Å². The molecule has 0 spiro atoms. The molecule has 2 bridgehead atoms. The molecule has 0 aromatic heterocycles. The van der Waals surface area contributed by atoms with E-state index >= 15 is 0 Å². The molecular formula is C14H17NO2. The highest BCUT2D eigenvalue weighted by Gasteiger charge is 2.52. The summed E-state index contributed by atoms with van der Waals surface area (Å²) in [6.45, 7) is 4.34. The summed E-state index contributed by atoms with van der Waals surface area (Å²) >= 11 is 0. The van der Waals surface area contributed by atoms with Crippen molar-refractivity contribution in [2.45, 2.75) is 24.9 Å². The first-order valence-corrected chi connectivity index (χ1v) is 5.80. The van der Waals surface area contributed by atoms with Crippen molar-refractivity contribution in [3.05, 3.63) is 35.4 Å². The van der Waals surface area contributed by atoms with Crippen LogP contribution >= 0.6 is 0 Å². The second-order valence-electron chi connectivity index (χ2n) is 5.08. The molecule has 2 unspecified atom stereocenters. The van der Waals surface area contributed by atoms with Crippen LogP contribution < -0.4 is 14.8 Å². The fraction of sp³-hybridized carbons (Fsp3) is 0.429. The molecule has 3 nitrogen and oxygen atoms in total. The Labute approximate surface area is 101 Å². The van der Waals surface area contributed by atoms with Crippen LogP contribution in [0.3, 0.4) is 0 Å². The minimum Gasteiger partial charge on any atom is -0.496 e. The molecule has 3 heteroatoms. The van der Waals surface area contributed by atoms with Gasteiger partial charge in [-0.05, 0) is 26.0 Å². The summed E-state index contributed by atoms with van der Waals surface area (Å²) in [6, 6.07) is 3.95. The summed E-state index contributed by atoms with van der Waals surface area (Å²) in [5.41, 5.74) is 2.10. The molecule has 2 heterocycles. The van der Waals surface area contributed by atoms with Gasteiger partial charge in [-0.15, -0.1) is 0 Å². The first-order valence-electron chi connectivity index (χ1n) is 5.80. The van der Waals surface area contributed by atoms with Crippen molar-refractivity contribution in [3.8, 4) is 11.5 Å². The molecule has 1 aromatic rings. The lowest BCUT2D eigenvalue weighted by molar-refractivity contribution is 0.384. The van der Waals surface area contributed by atoms with Crippen LogP contribution in [0, 0.1) is 0 Å². The van der Waals surface area contributed by atoms with Crippen LogP contribution in [0.15, 0.2) is 24.3 Å². The predicted octanol–water partition coefficient (Wildman–Crippen LogP) is 2.31. The maximum absolute atomic E-state index is 5.49. The fourth-order valence-electron chi connectivity index (χ4n) is 3.18. The predicted molar refractivity (Wildman–Crippen MR) is 66.5 cm³/mol. The third kappa shape index (κ3) is 1.15. The maximum Gasteiger partial charge on any atom is 0.124 e. The Morgan fingerprint density at radius 1 is 0.882 bits per heavy atom. The fourth-order valence-corrected chi connectivity index (χ4v) is 3.18. The second kappa shape index (κ2) is 3.05. The van der Waals surface area contributed by atoms with Gasteiger partial charge in [0.2, 0.25) is 0 Å². The number of hydrogen-bond donors (Lipinski definition) is 1. The van der Waals surface area contributed by atoms with Crippen LogP contribution in [0.5, 0.6) is 11.5 Å². The number of rotatable bonds is 2. The van der Waals surface area contributed by atoms with Gasteiger partial charge in [0.1, 0.15) is 11.5 Å². The normalized spacial score (nSPS) is 32.7. The van der Waals surface area contributed by atoms with Crippen LogP contribution in [-0.2, 0) is 11.1 Å². The van der Waals surface area contributed by atoms with Gasteiger partial charge in [-0.2, -0.15) is 0 Å². The Bertz CT molecular complexity index is 478. The molecule has 0 aliphatic carbocycles. The summed E-state index contributed by atoms with van der Waals surface area (Å²) in [7, 11) is 3.42. The number of ether oxygens (including phenoxy) is 2. The molecule has 1 N–H and O–H groups in total. The average Bonchev–Trinajstić information content (AvgIpc) is 2.76. The Morgan fingerprint density at radius 2 is 1.29 bits per heavy atom. The first kappa shape index (κ1) is 10.7. The van der Waals surface area contributed by atoms with E-state index in [-0.39, 0.29) is 11.1 Å². The Morgan fingerprint density at radius 3 is 1.65 bits per heavy atom. The minimum absolute atomic E-state index is 0.149. The van der Waals surface area contributed by atoms with Gasteiger partial charge in [-0.25, -0.2) is 0 Å². The number of methoxy groups -OCH3 is 2.